The molecule has 60 heavy (non-hydrogen) atoms. The normalized spacial score (nSPS) is 17.9. The second-order valence-electron chi connectivity index (χ2n) is 15.5. The standard InChI is InChI=1S/C55H40N4S/c1-2-15-34-60-50-25-13-12-24-49(50)55(32-14-1)47-30-26-40(43-29-28-42(37-17-6-3-7-18-37)44-23-16-33-56-51(43)44)35-45(47)46-36-41(27-31-48(46)55)54-58-52(38-19-8-4-9-20-38)57-53(59-54)39-21-10-5-11-22-39/h1-11,14-31,33,35-36H,12-13,32,34H2/b14-1-,15-2-. The minimum absolute atomic E-state index is 0.371. The van der Waals surface area contributed by atoms with E-state index < -0.39 is 0 Å². The van der Waals surface area contributed by atoms with Crippen molar-refractivity contribution >= 4 is 22.7 Å². The van der Waals surface area contributed by atoms with Gasteiger partial charge in [-0.05, 0) is 82.0 Å². The summed E-state index contributed by atoms with van der Waals surface area (Å²) in [5.74, 6) is 2.90. The Balaban J connectivity index is 1.14. The number of aromatic nitrogens is 4. The number of rotatable bonds is 5. The van der Waals surface area contributed by atoms with E-state index >= 15 is 0 Å². The van der Waals surface area contributed by atoms with Gasteiger partial charge in [-0.25, -0.2) is 15.0 Å². The highest BCUT2D eigenvalue weighted by atomic mass is 32.2. The summed E-state index contributed by atoms with van der Waals surface area (Å²) < 4.78 is 0. The molecule has 0 fully saturated rings. The van der Waals surface area contributed by atoms with Gasteiger partial charge >= 0.3 is 0 Å². The third-order valence-corrected chi connectivity index (χ3v) is 13.1. The fraction of sp³-hybridized carbons (Fsp3) is 0.0909. The molecule has 0 saturated heterocycles. The van der Waals surface area contributed by atoms with E-state index in [1.54, 1.807) is 0 Å². The van der Waals surface area contributed by atoms with E-state index in [0.29, 0.717) is 17.5 Å². The van der Waals surface area contributed by atoms with Crippen molar-refractivity contribution in [2.45, 2.75) is 24.7 Å². The number of thioether (sulfide) groups is 1. The molecule has 2 aromatic heterocycles. The van der Waals surface area contributed by atoms with Gasteiger partial charge in [-0.1, -0.05) is 170 Å². The molecule has 4 nitrogen and oxygen atoms in total. The highest BCUT2D eigenvalue weighted by molar-refractivity contribution is 8.03. The molecule has 3 aliphatic rings. The lowest BCUT2D eigenvalue weighted by molar-refractivity contribution is 0.633. The smallest absolute Gasteiger partial charge is 0.164 e. The summed E-state index contributed by atoms with van der Waals surface area (Å²) in [5.41, 5.74) is 14.6. The molecule has 5 heteroatoms. The molecule has 0 saturated carbocycles. The zero-order chi connectivity index (χ0) is 39.9. The summed E-state index contributed by atoms with van der Waals surface area (Å²) in [6.45, 7) is 0. The lowest BCUT2D eigenvalue weighted by Gasteiger charge is -2.37. The van der Waals surface area contributed by atoms with Crippen LogP contribution in [0.15, 0.2) is 205 Å². The first-order chi connectivity index (χ1) is 29.7. The molecule has 1 spiro atoms. The maximum absolute atomic E-state index is 5.16. The number of hydrogen-bond acceptors (Lipinski definition) is 5. The Hall–Kier alpha value is -6.95. The first kappa shape index (κ1) is 36.2. The zero-order valence-corrected chi connectivity index (χ0v) is 33.8. The lowest BCUT2D eigenvalue weighted by atomic mass is 9.68. The van der Waals surface area contributed by atoms with Crippen LogP contribution in [-0.4, -0.2) is 25.7 Å². The second kappa shape index (κ2) is 15.3. The summed E-state index contributed by atoms with van der Waals surface area (Å²) in [4.78, 5) is 21.7. The average Bonchev–Trinajstić information content (AvgIpc) is 3.60. The monoisotopic (exact) mass is 788 g/mol. The van der Waals surface area contributed by atoms with Crippen molar-refractivity contribution in [3.63, 3.8) is 0 Å². The second-order valence-corrected chi connectivity index (χ2v) is 16.6. The number of fused-ring (bicyclic) bond motifs is 8. The number of nitrogens with zero attached hydrogens (tertiary/aromatic N) is 4. The van der Waals surface area contributed by atoms with E-state index in [1.165, 1.54) is 43.9 Å². The van der Waals surface area contributed by atoms with Crippen molar-refractivity contribution in [3.8, 4) is 67.5 Å². The number of pyridine rings is 1. The van der Waals surface area contributed by atoms with Gasteiger partial charge in [0.2, 0.25) is 0 Å². The van der Waals surface area contributed by atoms with Gasteiger partial charge in [0, 0.05) is 44.5 Å². The maximum Gasteiger partial charge on any atom is 0.164 e. The predicted molar refractivity (Wildman–Crippen MR) is 249 cm³/mol. The molecule has 1 unspecified atom stereocenters. The van der Waals surface area contributed by atoms with Crippen LogP contribution < -0.4 is 0 Å². The first-order valence-electron chi connectivity index (χ1n) is 20.7. The molecule has 11 rings (SSSR count). The Morgan fingerprint density at radius 1 is 0.467 bits per heavy atom. The van der Waals surface area contributed by atoms with Crippen molar-refractivity contribution in [2.75, 3.05) is 5.75 Å². The van der Waals surface area contributed by atoms with Crippen LogP contribution in [0, 0.1) is 0 Å². The van der Waals surface area contributed by atoms with Crippen molar-refractivity contribution < 1.29 is 0 Å². The Labute approximate surface area is 354 Å². The maximum atomic E-state index is 5.16. The molecule has 3 heterocycles. The van der Waals surface area contributed by atoms with Gasteiger partial charge in [0.25, 0.3) is 0 Å². The molecule has 1 atom stereocenters. The molecule has 6 aromatic carbocycles. The van der Waals surface area contributed by atoms with Crippen LogP contribution in [0.2, 0.25) is 0 Å². The van der Waals surface area contributed by atoms with Crippen molar-refractivity contribution in [1.29, 1.82) is 0 Å². The third-order valence-electron chi connectivity index (χ3n) is 12.1. The molecule has 0 radical (unpaired) electrons. The van der Waals surface area contributed by atoms with E-state index in [4.69, 9.17) is 19.9 Å². The van der Waals surface area contributed by atoms with Gasteiger partial charge < -0.3 is 0 Å². The summed E-state index contributed by atoms with van der Waals surface area (Å²) >= 11 is 1.95. The van der Waals surface area contributed by atoms with Gasteiger partial charge in [-0.2, -0.15) is 0 Å². The Bertz CT molecular complexity index is 3000. The lowest BCUT2D eigenvalue weighted by Crippen LogP contribution is -2.29. The van der Waals surface area contributed by atoms with E-state index in [-0.39, 0.29) is 5.41 Å². The van der Waals surface area contributed by atoms with Crippen molar-refractivity contribution in [3.05, 3.63) is 216 Å². The molecule has 286 valence electrons. The fourth-order valence-corrected chi connectivity index (χ4v) is 10.4. The molecule has 2 aliphatic carbocycles. The number of hydrogen-bond donors (Lipinski definition) is 0. The topological polar surface area (TPSA) is 51.6 Å². The highest BCUT2D eigenvalue weighted by Gasteiger charge is 2.47. The Morgan fingerprint density at radius 2 is 1.05 bits per heavy atom. The van der Waals surface area contributed by atoms with Crippen LogP contribution in [-0.2, 0) is 5.41 Å². The van der Waals surface area contributed by atoms with Crippen LogP contribution in [0.5, 0.6) is 0 Å². The van der Waals surface area contributed by atoms with Gasteiger partial charge in [0.15, 0.2) is 17.5 Å². The molecule has 8 aromatic rings. The van der Waals surface area contributed by atoms with Gasteiger partial charge in [-0.3, -0.25) is 4.98 Å². The molecular weight excluding hydrogens is 749 g/mol. The molecule has 1 aliphatic heterocycles. The van der Waals surface area contributed by atoms with Crippen LogP contribution in [0.1, 0.15) is 30.4 Å². The van der Waals surface area contributed by atoms with Gasteiger partial charge in [-0.15, -0.1) is 11.8 Å². The summed E-state index contributed by atoms with van der Waals surface area (Å²) in [6.07, 6.45) is 18.9. The Morgan fingerprint density at radius 3 is 1.75 bits per heavy atom. The van der Waals surface area contributed by atoms with Gasteiger partial charge in [0.05, 0.1) is 10.9 Å². The van der Waals surface area contributed by atoms with Crippen LogP contribution in [0.3, 0.4) is 0 Å². The average molecular weight is 789 g/mol. The third kappa shape index (κ3) is 6.25. The zero-order valence-electron chi connectivity index (χ0n) is 33.0. The van der Waals surface area contributed by atoms with E-state index in [1.807, 2.05) is 60.4 Å². The van der Waals surface area contributed by atoms with E-state index in [0.717, 1.165) is 63.7 Å². The molecule has 0 amide bonds. The minimum Gasteiger partial charge on any atom is -0.256 e. The SMILES string of the molecule is C1=C2SC/C=C\C=C/CC3(C2=CCC1)c1ccc(-c2nc(-c4ccccc4)nc(-c4ccccc4)n2)cc1-c1cc(-c2ccc(-c4ccccc4)c4cccnc24)ccc13. The number of benzene rings is 6. The van der Waals surface area contributed by atoms with E-state index in [2.05, 4.69) is 146 Å². The van der Waals surface area contributed by atoms with Crippen LogP contribution >= 0.6 is 11.8 Å². The van der Waals surface area contributed by atoms with Crippen molar-refractivity contribution in [2.24, 2.45) is 0 Å². The van der Waals surface area contributed by atoms with E-state index in [9.17, 15) is 0 Å². The quantitative estimate of drug-likeness (QED) is 0.174. The van der Waals surface area contributed by atoms with Crippen LogP contribution in [0.25, 0.3) is 78.4 Å². The molecule has 0 N–H and O–H groups in total. The minimum atomic E-state index is -0.371. The summed E-state index contributed by atoms with van der Waals surface area (Å²) in [7, 11) is 0. The van der Waals surface area contributed by atoms with Crippen molar-refractivity contribution in [1.82, 2.24) is 19.9 Å². The molecular formula is C55H40N4S. The fourth-order valence-electron chi connectivity index (χ4n) is 9.33. The Kier molecular flexibility index (Phi) is 9.24. The van der Waals surface area contributed by atoms with Gasteiger partial charge in [0.1, 0.15) is 0 Å². The largest absolute Gasteiger partial charge is 0.256 e. The first-order valence-corrected chi connectivity index (χ1v) is 21.7. The molecule has 0 bridgehead atoms. The summed E-state index contributed by atoms with van der Waals surface area (Å²) in [5, 5.41) is 1.14. The predicted octanol–water partition coefficient (Wildman–Crippen LogP) is 13.9. The highest BCUT2D eigenvalue weighted by Crippen LogP contribution is 2.59. The summed E-state index contributed by atoms with van der Waals surface area (Å²) in [6, 6.07) is 53.8. The number of allylic oxidation sites excluding steroid dienone is 6. The van der Waals surface area contributed by atoms with Crippen LogP contribution in [0.4, 0.5) is 0 Å².